The molecule has 0 aromatic carbocycles. The van der Waals surface area contributed by atoms with Crippen LogP contribution in [-0.2, 0) is 0 Å². The van der Waals surface area contributed by atoms with Crippen LogP contribution in [0.25, 0.3) is 0 Å². The molecular formula is C4H12N2OS. The summed E-state index contributed by atoms with van der Waals surface area (Å²) >= 11 is 1.80. The monoisotopic (exact) mass is 136 g/mol. The molecule has 4 heteroatoms. The lowest BCUT2D eigenvalue weighted by molar-refractivity contribution is 0.121. The van der Waals surface area contributed by atoms with Crippen LogP contribution in [0.5, 0.6) is 0 Å². The zero-order valence-corrected chi connectivity index (χ0v) is 5.79. The van der Waals surface area contributed by atoms with Crippen molar-refractivity contribution < 1.29 is 5.21 Å². The highest BCUT2D eigenvalue weighted by Gasteiger charge is 1.81. The van der Waals surface area contributed by atoms with Crippen LogP contribution in [0.1, 0.15) is 6.42 Å². The van der Waals surface area contributed by atoms with Crippen LogP contribution >= 0.6 is 11.8 Å². The van der Waals surface area contributed by atoms with Crippen molar-refractivity contribution in [1.82, 2.24) is 11.0 Å². The molecule has 0 aromatic rings. The summed E-state index contributed by atoms with van der Waals surface area (Å²) in [5, 5.41) is 8.00. The van der Waals surface area contributed by atoms with Crippen molar-refractivity contribution in [2.24, 2.45) is 0 Å². The third kappa shape index (κ3) is 6.23. The molecule has 8 heavy (non-hydrogen) atoms. The molecule has 50 valence electrons. The Morgan fingerprint density at radius 1 is 1.62 bits per heavy atom. The van der Waals surface area contributed by atoms with E-state index in [9.17, 15) is 0 Å². The largest absolute Gasteiger partial charge is 0.302 e. The Bertz CT molecular complexity index is 39.0. The minimum atomic E-state index is 0.817. The van der Waals surface area contributed by atoms with Crippen LogP contribution in [-0.4, -0.2) is 23.8 Å². The third-order valence-electron chi connectivity index (χ3n) is 0.729. The second-order valence-electron chi connectivity index (χ2n) is 1.38. The molecule has 3 N–H and O–H groups in total. The second-order valence-corrected chi connectivity index (χ2v) is 2.37. The number of hydrogen-bond acceptors (Lipinski definition) is 4. The Morgan fingerprint density at radius 3 is 2.88 bits per heavy atom. The first-order chi connectivity index (χ1) is 3.91. The number of hydrogen-bond donors (Lipinski definition) is 3. The first kappa shape index (κ1) is 8.23. The van der Waals surface area contributed by atoms with Gasteiger partial charge in [0.2, 0.25) is 0 Å². The lowest BCUT2D eigenvalue weighted by Gasteiger charge is -1.97. The van der Waals surface area contributed by atoms with Crippen LogP contribution in [0.3, 0.4) is 0 Å². The molecule has 0 atom stereocenters. The zero-order valence-electron chi connectivity index (χ0n) is 4.98. The van der Waals surface area contributed by atoms with Crippen LogP contribution < -0.4 is 11.0 Å². The maximum Gasteiger partial charge on any atom is 0.0129 e. The quantitative estimate of drug-likeness (QED) is 0.374. The van der Waals surface area contributed by atoms with Crippen molar-refractivity contribution in [3.05, 3.63) is 0 Å². The molecule has 0 unspecified atom stereocenters. The fourth-order valence-corrected chi connectivity index (χ4v) is 0.794. The first-order valence-corrected chi connectivity index (χ1v) is 3.92. The molecule has 0 aliphatic heterocycles. The fourth-order valence-electron chi connectivity index (χ4n) is 0.361. The predicted octanol–water partition coefficient (Wildman–Crippen LogP) is 0.223. The number of thioether (sulfide) groups is 1. The van der Waals surface area contributed by atoms with Crippen molar-refractivity contribution in [1.29, 1.82) is 0 Å². The highest BCUT2D eigenvalue weighted by atomic mass is 32.2. The summed E-state index contributed by atoms with van der Waals surface area (Å²) in [7, 11) is 0. The predicted molar refractivity (Wildman–Crippen MR) is 35.9 cm³/mol. The van der Waals surface area contributed by atoms with Gasteiger partial charge < -0.3 is 5.21 Å². The molecule has 0 bridgehead atoms. The summed E-state index contributed by atoms with van der Waals surface area (Å²) in [4.78, 5) is 0. The third-order valence-corrected chi connectivity index (χ3v) is 1.43. The molecule has 0 spiro atoms. The van der Waals surface area contributed by atoms with Crippen molar-refractivity contribution in [3.63, 3.8) is 0 Å². The molecule has 0 aromatic heterocycles. The first-order valence-electron chi connectivity index (χ1n) is 2.52. The van der Waals surface area contributed by atoms with Gasteiger partial charge in [0, 0.05) is 6.54 Å². The van der Waals surface area contributed by atoms with E-state index in [0.717, 1.165) is 18.7 Å². The van der Waals surface area contributed by atoms with E-state index in [1.807, 2.05) is 5.59 Å². The van der Waals surface area contributed by atoms with Crippen molar-refractivity contribution in [2.75, 3.05) is 18.6 Å². The van der Waals surface area contributed by atoms with Gasteiger partial charge in [-0.3, -0.25) is 0 Å². The van der Waals surface area contributed by atoms with E-state index in [2.05, 4.69) is 11.7 Å². The van der Waals surface area contributed by atoms with E-state index in [1.165, 1.54) is 0 Å². The van der Waals surface area contributed by atoms with E-state index in [-0.39, 0.29) is 0 Å². The molecule has 0 saturated heterocycles. The van der Waals surface area contributed by atoms with Gasteiger partial charge in [0.05, 0.1) is 0 Å². The molecule has 3 nitrogen and oxygen atoms in total. The average Bonchev–Trinajstić information content (AvgIpc) is 1.81. The molecule has 0 amide bonds. The van der Waals surface area contributed by atoms with Crippen LogP contribution in [0.4, 0.5) is 0 Å². The average molecular weight is 136 g/mol. The minimum Gasteiger partial charge on any atom is -0.302 e. The SMILES string of the molecule is CSCCCNNO. The zero-order chi connectivity index (χ0) is 6.24. The normalized spacial score (nSPS) is 9.75. The number of hydrazine groups is 1. The van der Waals surface area contributed by atoms with Gasteiger partial charge in [-0.15, -0.1) is 5.59 Å². The van der Waals surface area contributed by atoms with Gasteiger partial charge in [0.1, 0.15) is 0 Å². The van der Waals surface area contributed by atoms with Crippen LogP contribution in [0, 0.1) is 0 Å². The molecule has 0 saturated carbocycles. The van der Waals surface area contributed by atoms with Gasteiger partial charge in [-0.05, 0) is 18.4 Å². The standard InChI is InChI=1S/C4H12N2OS/c1-8-4-2-3-5-6-7/h5-7H,2-4H2,1H3. The van der Waals surface area contributed by atoms with Crippen molar-refractivity contribution in [2.45, 2.75) is 6.42 Å². The summed E-state index contributed by atoms with van der Waals surface area (Å²) < 4.78 is 0. The highest BCUT2D eigenvalue weighted by molar-refractivity contribution is 7.98. The Morgan fingerprint density at radius 2 is 2.38 bits per heavy atom. The van der Waals surface area contributed by atoms with E-state index in [4.69, 9.17) is 5.21 Å². The number of nitrogens with one attached hydrogen (secondary N) is 2. The van der Waals surface area contributed by atoms with Gasteiger partial charge in [-0.2, -0.15) is 11.8 Å². The number of rotatable bonds is 5. The van der Waals surface area contributed by atoms with Gasteiger partial charge in [-0.25, -0.2) is 5.43 Å². The van der Waals surface area contributed by atoms with E-state index in [1.54, 1.807) is 11.8 Å². The lowest BCUT2D eigenvalue weighted by Crippen LogP contribution is -2.29. The maximum absolute atomic E-state index is 8.00. The summed E-state index contributed by atoms with van der Waals surface area (Å²) in [6, 6.07) is 0. The van der Waals surface area contributed by atoms with Gasteiger partial charge in [-0.1, -0.05) is 0 Å². The Balaban J connectivity index is 2.53. The van der Waals surface area contributed by atoms with E-state index < -0.39 is 0 Å². The molecule has 0 heterocycles. The summed E-state index contributed by atoms with van der Waals surface area (Å²) in [5.74, 6) is 1.13. The Hall–Kier alpha value is 0.230. The molecule has 0 aliphatic rings. The summed E-state index contributed by atoms with van der Waals surface area (Å²) in [5.41, 5.74) is 4.44. The smallest absolute Gasteiger partial charge is 0.0129 e. The van der Waals surface area contributed by atoms with Crippen molar-refractivity contribution >= 4 is 11.8 Å². The fraction of sp³-hybridized carbons (Fsp3) is 1.00. The second kappa shape index (κ2) is 7.23. The minimum absolute atomic E-state index is 0.817. The van der Waals surface area contributed by atoms with Crippen LogP contribution in [0.2, 0.25) is 0 Å². The summed E-state index contributed by atoms with van der Waals surface area (Å²) in [6.45, 7) is 0.817. The van der Waals surface area contributed by atoms with E-state index >= 15 is 0 Å². The van der Waals surface area contributed by atoms with Gasteiger partial charge >= 0.3 is 0 Å². The van der Waals surface area contributed by atoms with Gasteiger partial charge in [0.15, 0.2) is 0 Å². The molecule has 0 aliphatic carbocycles. The Kier molecular flexibility index (Phi) is 7.44. The molecule has 0 rings (SSSR count). The summed E-state index contributed by atoms with van der Waals surface area (Å²) in [6.07, 6.45) is 3.14. The topological polar surface area (TPSA) is 44.3 Å². The molecule has 0 fully saturated rings. The Labute approximate surface area is 53.8 Å². The highest BCUT2D eigenvalue weighted by Crippen LogP contribution is 1.92. The lowest BCUT2D eigenvalue weighted by atomic mass is 10.5. The molecular weight excluding hydrogens is 124 g/mol. The van der Waals surface area contributed by atoms with Crippen LogP contribution in [0.15, 0.2) is 0 Å². The molecule has 0 radical (unpaired) electrons. The maximum atomic E-state index is 8.00. The van der Waals surface area contributed by atoms with Gasteiger partial charge in [0.25, 0.3) is 0 Å². The van der Waals surface area contributed by atoms with Crippen molar-refractivity contribution in [3.8, 4) is 0 Å². The van der Waals surface area contributed by atoms with E-state index in [0.29, 0.717) is 0 Å².